The molecule has 7 nitrogen and oxygen atoms in total. The van der Waals surface area contributed by atoms with E-state index in [2.05, 4.69) is 21.2 Å². The van der Waals surface area contributed by atoms with Gasteiger partial charge in [-0.2, -0.15) is 0 Å². The molecule has 2 amide bonds. The van der Waals surface area contributed by atoms with Crippen molar-refractivity contribution in [2.45, 2.75) is 65.6 Å². The van der Waals surface area contributed by atoms with E-state index in [1.165, 1.54) is 4.90 Å². The van der Waals surface area contributed by atoms with Crippen LogP contribution in [0.5, 0.6) is 0 Å². The lowest BCUT2D eigenvalue weighted by atomic mass is 10.0. The zero-order valence-electron chi connectivity index (χ0n) is 21.3. The fourth-order valence-electron chi connectivity index (χ4n) is 3.63. The van der Waals surface area contributed by atoms with Crippen molar-refractivity contribution < 1.29 is 18.0 Å². The minimum absolute atomic E-state index is 0.0416. The summed E-state index contributed by atoms with van der Waals surface area (Å²) in [7, 11) is -3.77. The van der Waals surface area contributed by atoms with Crippen LogP contribution in [0.1, 0.15) is 58.1 Å². The SMILES string of the molecule is CC[C@H](C)NC(=O)[C@H](C)N(Cc1ccc(Br)cc1)C(=O)CN(c1ccccc1C(C)C)S(C)(=O)=O. The third kappa shape index (κ3) is 8.07. The highest BCUT2D eigenvalue weighted by Crippen LogP contribution is 2.29. The molecule has 2 atom stereocenters. The van der Waals surface area contributed by atoms with E-state index in [0.29, 0.717) is 5.69 Å². The maximum absolute atomic E-state index is 13.7. The summed E-state index contributed by atoms with van der Waals surface area (Å²) in [5, 5.41) is 2.93. The third-order valence-electron chi connectivity index (χ3n) is 5.94. The second kappa shape index (κ2) is 12.5. The second-order valence-electron chi connectivity index (χ2n) is 9.13. The average Bonchev–Trinajstić information content (AvgIpc) is 2.80. The average molecular weight is 567 g/mol. The van der Waals surface area contributed by atoms with Gasteiger partial charge in [-0.05, 0) is 55.5 Å². The molecule has 2 aromatic rings. The van der Waals surface area contributed by atoms with Gasteiger partial charge in [-0.25, -0.2) is 8.42 Å². The molecule has 0 saturated heterocycles. The van der Waals surface area contributed by atoms with Crippen LogP contribution >= 0.6 is 15.9 Å². The van der Waals surface area contributed by atoms with Gasteiger partial charge < -0.3 is 10.2 Å². The Kier molecular flexibility index (Phi) is 10.3. The molecule has 0 aliphatic heterocycles. The van der Waals surface area contributed by atoms with Crippen molar-refractivity contribution in [2.75, 3.05) is 17.1 Å². The van der Waals surface area contributed by atoms with Crippen molar-refractivity contribution in [3.8, 4) is 0 Å². The Balaban J connectivity index is 2.44. The number of sulfonamides is 1. The van der Waals surface area contributed by atoms with Gasteiger partial charge in [-0.1, -0.05) is 67.0 Å². The maximum atomic E-state index is 13.7. The summed E-state index contributed by atoms with van der Waals surface area (Å²) in [6.45, 7) is 9.26. The van der Waals surface area contributed by atoms with E-state index < -0.39 is 28.5 Å². The molecular formula is C26H36BrN3O4S. The Bertz CT molecular complexity index is 1120. The standard InChI is InChI=1S/C26H36BrN3O4S/c1-7-19(4)28-26(32)20(5)29(16-21-12-14-22(27)15-13-21)25(31)17-30(35(6,33)34)24-11-9-8-10-23(24)18(2)3/h8-15,18-20H,7,16-17H2,1-6H3,(H,28,32)/t19-,20-/m0/s1. The number of nitrogens with one attached hydrogen (secondary N) is 1. The van der Waals surface area contributed by atoms with Gasteiger partial charge in [-0.3, -0.25) is 13.9 Å². The number of hydrogen-bond donors (Lipinski definition) is 1. The minimum atomic E-state index is -3.77. The van der Waals surface area contributed by atoms with E-state index in [-0.39, 0.29) is 24.4 Å². The van der Waals surface area contributed by atoms with Gasteiger partial charge in [0.05, 0.1) is 11.9 Å². The summed E-state index contributed by atoms with van der Waals surface area (Å²) < 4.78 is 27.7. The number of nitrogens with zero attached hydrogens (tertiary/aromatic N) is 2. The normalized spacial score (nSPS) is 13.3. The topological polar surface area (TPSA) is 86.8 Å². The molecule has 0 fully saturated rings. The number of carbonyl (C=O) groups excluding carboxylic acids is 2. The van der Waals surface area contributed by atoms with E-state index >= 15 is 0 Å². The molecule has 0 saturated carbocycles. The van der Waals surface area contributed by atoms with Crippen LogP contribution in [-0.2, 0) is 26.2 Å². The predicted molar refractivity (Wildman–Crippen MR) is 145 cm³/mol. The van der Waals surface area contributed by atoms with Crippen molar-refractivity contribution >= 4 is 43.5 Å². The van der Waals surface area contributed by atoms with Crippen LogP contribution in [0.25, 0.3) is 0 Å². The quantitative estimate of drug-likeness (QED) is 0.429. The van der Waals surface area contributed by atoms with Crippen LogP contribution < -0.4 is 9.62 Å². The lowest BCUT2D eigenvalue weighted by Gasteiger charge is -2.32. The first-order chi connectivity index (χ1) is 16.3. The first-order valence-electron chi connectivity index (χ1n) is 11.8. The van der Waals surface area contributed by atoms with E-state index in [9.17, 15) is 18.0 Å². The fraction of sp³-hybridized carbons (Fsp3) is 0.462. The summed E-state index contributed by atoms with van der Waals surface area (Å²) in [5.74, 6) is -0.674. The van der Waals surface area contributed by atoms with Crippen LogP contribution in [0.2, 0.25) is 0 Å². The predicted octanol–water partition coefficient (Wildman–Crippen LogP) is 4.67. The van der Waals surface area contributed by atoms with Crippen LogP contribution in [-0.4, -0.2) is 50.0 Å². The molecule has 0 aromatic heterocycles. The van der Waals surface area contributed by atoms with Gasteiger partial charge in [0.25, 0.3) is 0 Å². The van der Waals surface area contributed by atoms with E-state index in [0.717, 1.165) is 32.6 Å². The molecule has 2 aromatic carbocycles. The first kappa shape index (κ1) is 28.8. The maximum Gasteiger partial charge on any atom is 0.244 e. The minimum Gasteiger partial charge on any atom is -0.352 e. The zero-order valence-corrected chi connectivity index (χ0v) is 23.7. The van der Waals surface area contributed by atoms with Crippen molar-refractivity contribution in [3.63, 3.8) is 0 Å². The molecule has 1 N–H and O–H groups in total. The molecule has 0 radical (unpaired) electrons. The third-order valence-corrected chi connectivity index (χ3v) is 7.60. The second-order valence-corrected chi connectivity index (χ2v) is 11.9. The highest BCUT2D eigenvalue weighted by atomic mass is 79.9. The van der Waals surface area contributed by atoms with Crippen LogP contribution in [0.4, 0.5) is 5.69 Å². The molecule has 0 aliphatic carbocycles. The largest absolute Gasteiger partial charge is 0.352 e. The Morgan fingerprint density at radius 1 is 1.00 bits per heavy atom. The van der Waals surface area contributed by atoms with Crippen LogP contribution in [0.15, 0.2) is 53.0 Å². The van der Waals surface area contributed by atoms with Crippen molar-refractivity contribution in [1.82, 2.24) is 10.2 Å². The smallest absolute Gasteiger partial charge is 0.244 e. The molecular weight excluding hydrogens is 530 g/mol. The molecule has 0 spiro atoms. The highest BCUT2D eigenvalue weighted by Gasteiger charge is 2.31. The number of benzene rings is 2. The molecule has 0 aliphatic rings. The summed E-state index contributed by atoms with van der Waals surface area (Å²) in [4.78, 5) is 28.1. The monoisotopic (exact) mass is 565 g/mol. The number of rotatable bonds is 11. The van der Waals surface area contributed by atoms with Gasteiger partial charge in [0.15, 0.2) is 0 Å². The van der Waals surface area contributed by atoms with Gasteiger partial charge in [0, 0.05) is 17.1 Å². The molecule has 0 unspecified atom stereocenters. The molecule has 9 heteroatoms. The van der Waals surface area contributed by atoms with Gasteiger partial charge in [0.1, 0.15) is 12.6 Å². The lowest BCUT2D eigenvalue weighted by molar-refractivity contribution is -0.139. The Morgan fingerprint density at radius 2 is 1.60 bits per heavy atom. The van der Waals surface area contributed by atoms with E-state index in [1.54, 1.807) is 19.1 Å². The number of para-hydroxylation sites is 1. The van der Waals surface area contributed by atoms with Crippen LogP contribution in [0.3, 0.4) is 0 Å². The number of halogens is 1. The summed E-state index contributed by atoms with van der Waals surface area (Å²) >= 11 is 3.41. The number of anilines is 1. The van der Waals surface area contributed by atoms with E-state index in [1.807, 2.05) is 64.1 Å². The van der Waals surface area contributed by atoms with Gasteiger partial charge in [-0.15, -0.1) is 0 Å². The number of carbonyl (C=O) groups is 2. The molecule has 2 rings (SSSR count). The summed E-state index contributed by atoms with van der Waals surface area (Å²) in [5.41, 5.74) is 2.13. The van der Waals surface area contributed by atoms with Crippen molar-refractivity contribution in [3.05, 3.63) is 64.1 Å². The zero-order chi connectivity index (χ0) is 26.3. The molecule has 35 heavy (non-hydrogen) atoms. The highest BCUT2D eigenvalue weighted by molar-refractivity contribution is 9.10. The fourth-order valence-corrected chi connectivity index (χ4v) is 4.77. The summed E-state index contributed by atoms with van der Waals surface area (Å²) in [6.07, 6.45) is 1.85. The molecule has 192 valence electrons. The van der Waals surface area contributed by atoms with Gasteiger partial charge >= 0.3 is 0 Å². The van der Waals surface area contributed by atoms with Crippen LogP contribution in [0, 0.1) is 0 Å². The first-order valence-corrected chi connectivity index (χ1v) is 14.4. The lowest BCUT2D eigenvalue weighted by Crippen LogP contribution is -2.52. The van der Waals surface area contributed by atoms with Crippen molar-refractivity contribution in [2.24, 2.45) is 0 Å². The summed E-state index contributed by atoms with van der Waals surface area (Å²) in [6, 6.07) is 13.8. The molecule has 0 heterocycles. The Labute approximate surface area is 218 Å². The van der Waals surface area contributed by atoms with Crippen molar-refractivity contribution in [1.29, 1.82) is 0 Å². The Hall–Kier alpha value is -2.39. The van der Waals surface area contributed by atoms with E-state index in [4.69, 9.17) is 0 Å². The number of amides is 2. The Morgan fingerprint density at radius 3 is 2.14 bits per heavy atom. The molecule has 0 bridgehead atoms. The number of hydrogen-bond acceptors (Lipinski definition) is 4. The van der Waals surface area contributed by atoms with Gasteiger partial charge in [0.2, 0.25) is 21.8 Å².